The molecule has 5 aromatic rings. The zero-order chi connectivity index (χ0) is 20.5. The molecular weight excluding hydrogens is 594 g/mol. The summed E-state index contributed by atoms with van der Waals surface area (Å²) in [5.41, 5.74) is 5.77. The van der Waals surface area contributed by atoms with E-state index in [2.05, 4.69) is 104 Å². The maximum absolute atomic E-state index is 4.86. The number of hydrogen-bond donors (Lipinski definition) is 0. The number of nitrogens with zero attached hydrogens (tertiary/aromatic N) is 2. The van der Waals surface area contributed by atoms with Crippen LogP contribution in [0.4, 0.5) is 0 Å². The summed E-state index contributed by atoms with van der Waals surface area (Å²) in [5.74, 6) is 6.55. The summed E-state index contributed by atoms with van der Waals surface area (Å²) in [5, 5.41) is 2.26. The second-order valence-corrected chi connectivity index (χ2v) is 9.16. The highest BCUT2D eigenvalue weighted by Crippen LogP contribution is 2.29. The molecule has 0 unspecified atom stereocenters. The number of pyridine rings is 2. The fourth-order valence-electron chi connectivity index (χ4n) is 3.32. The zero-order valence-corrected chi connectivity index (χ0v) is 20.0. The number of rotatable bonds is 1. The molecule has 4 heteroatoms. The zero-order valence-electron chi connectivity index (χ0n) is 15.7. The molecule has 0 N–H and O–H groups in total. The molecule has 2 aromatic heterocycles. The first-order valence-electron chi connectivity index (χ1n) is 9.40. The molecule has 0 spiro atoms. The van der Waals surface area contributed by atoms with Crippen LogP contribution >= 0.6 is 45.2 Å². The van der Waals surface area contributed by atoms with Gasteiger partial charge in [0.05, 0.1) is 16.7 Å². The van der Waals surface area contributed by atoms with Gasteiger partial charge in [-0.15, -0.1) is 0 Å². The van der Waals surface area contributed by atoms with Crippen LogP contribution in [-0.2, 0) is 0 Å². The Kier molecular flexibility index (Phi) is 5.40. The molecule has 0 radical (unpaired) electrons. The van der Waals surface area contributed by atoms with E-state index < -0.39 is 0 Å². The van der Waals surface area contributed by atoms with Gasteiger partial charge < -0.3 is 0 Å². The van der Waals surface area contributed by atoms with Crippen LogP contribution in [0.5, 0.6) is 0 Å². The van der Waals surface area contributed by atoms with E-state index in [0.29, 0.717) is 0 Å². The smallest absolute Gasteiger partial charge is 0.114 e. The summed E-state index contributed by atoms with van der Waals surface area (Å²) in [7, 11) is 0. The average Bonchev–Trinajstić information content (AvgIpc) is 2.78. The van der Waals surface area contributed by atoms with Crippen LogP contribution in [0, 0.1) is 19.0 Å². The van der Waals surface area contributed by atoms with Crippen molar-refractivity contribution in [3.05, 3.63) is 103 Å². The molecule has 0 saturated carbocycles. The summed E-state index contributed by atoms with van der Waals surface area (Å²) < 4.78 is 2.28. The van der Waals surface area contributed by atoms with Crippen LogP contribution in [0.3, 0.4) is 0 Å². The molecule has 0 bridgehead atoms. The Morgan fingerprint density at radius 2 is 1.27 bits per heavy atom. The molecule has 0 fully saturated rings. The summed E-state index contributed by atoms with van der Waals surface area (Å²) >= 11 is 4.72. The lowest BCUT2D eigenvalue weighted by Crippen LogP contribution is -1.92. The van der Waals surface area contributed by atoms with Crippen LogP contribution in [0.1, 0.15) is 11.3 Å². The summed E-state index contributed by atoms with van der Waals surface area (Å²) in [6.07, 6.45) is 0. The Labute approximate surface area is 202 Å². The van der Waals surface area contributed by atoms with E-state index in [1.807, 2.05) is 42.5 Å². The van der Waals surface area contributed by atoms with Gasteiger partial charge in [0.25, 0.3) is 0 Å². The third-order valence-corrected chi connectivity index (χ3v) is 6.64. The van der Waals surface area contributed by atoms with Crippen LogP contribution in [0.15, 0.2) is 84.9 Å². The highest BCUT2D eigenvalue weighted by molar-refractivity contribution is 14.1. The van der Waals surface area contributed by atoms with E-state index in [0.717, 1.165) is 51.5 Å². The Bertz CT molecular complexity index is 1480. The number of halogens is 2. The molecule has 2 heterocycles. The maximum atomic E-state index is 4.86. The van der Waals surface area contributed by atoms with Crippen molar-refractivity contribution in [2.75, 3.05) is 0 Å². The molecular formula is C26H14I2N2. The molecule has 30 heavy (non-hydrogen) atoms. The van der Waals surface area contributed by atoms with Gasteiger partial charge in [-0.3, -0.25) is 0 Å². The van der Waals surface area contributed by atoms with Crippen LogP contribution in [-0.4, -0.2) is 9.97 Å². The van der Waals surface area contributed by atoms with Crippen molar-refractivity contribution in [1.29, 1.82) is 0 Å². The minimum atomic E-state index is 0.772. The van der Waals surface area contributed by atoms with Crippen LogP contribution < -0.4 is 0 Å². The lowest BCUT2D eigenvalue weighted by Gasteiger charge is -2.08. The Morgan fingerprint density at radius 3 is 2.03 bits per heavy atom. The van der Waals surface area contributed by atoms with Crippen molar-refractivity contribution in [1.82, 2.24) is 9.97 Å². The fourth-order valence-corrected chi connectivity index (χ4v) is 5.27. The number of hydrogen-bond acceptors (Lipinski definition) is 2. The van der Waals surface area contributed by atoms with E-state index >= 15 is 0 Å². The van der Waals surface area contributed by atoms with Crippen molar-refractivity contribution in [2.45, 2.75) is 0 Å². The summed E-state index contributed by atoms with van der Waals surface area (Å²) in [6.45, 7) is 0. The van der Waals surface area contributed by atoms with Crippen LogP contribution in [0.2, 0.25) is 0 Å². The van der Waals surface area contributed by atoms with Crippen molar-refractivity contribution >= 4 is 67.0 Å². The molecule has 5 rings (SSSR count). The highest BCUT2D eigenvalue weighted by atomic mass is 127. The summed E-state index contributed by atoms with van der Waals surface area (Å²) in [4.78, 5) is 9.52. The molecule has 0 aliphatic heterocycles. The lowest BCUT2D eigenvalue weighted by atomic mass is 10.1. The van der Waals surface area contributed by atoms with Gasteiger partial charge in [0.2, 0.25) is 0 Å². The largest absolute Gasteiger partial charge is 0.248 e. The molecule has 142 valence electrons. The Morgan fingerprint density at radius 1 is 0.600 bits per heavy atom. The van der Waals surface area contributed by atoms with Gasteiger partial charge in [-0.1, -0.05) is 54.5 Å². The van der Waals surface area contributed by atoms with Gasteiger partial charge in [-0.05, 0) is 87.5 Å². The minimum absolute atomic E-state index is 0.772. The van der Waals surface area contributed by atoms with E-state index in [-0.39, 0.29) is 0 Å². The lowest BCUT2D eigenvalue weighted by molar-refractivity contribution is 1.36. The number of benzene rings is 3. The van der Waals surface area contributed by atoms with Gasteiger partial charge in [0.1, 0.15) is 5.69 Å². The van der Waals surface area contributed by atoms with Gasteiger partial charge in [0.15, 0.2) is 0 Å². The van der Waals surface area contributed by atoms with Crippen LogP contribution in [0.25, 0.3) is 33.1 Å². The Hall–Kier alpha value is -2.50. The second-order valence-electron chi connectivity index (χ2n) is 6.84. The predicted octanol–water partition coefficient (Wildman–Crippen LogP) is 7.06. The third kappa shape index (κ3) is 3.92. The highest BCUT2D eigenvalue weighted by Gasteiger charge is 2.10. The molecule has 2 nitrogen and oxygen atoms in total. The summed E-state index contributed by atoms with van der Waals surface area (Å²) in [6, 6.07) is 28.8. The molecule has 0 saturated heterocycles. The maximum Gasteiger partial charge on any atom is 0.114 e. The first-order valence-corrected chi connectivity index (χ1v) is 11.6. The topological polar surface area (TPSA) is 25.8 Å². The fraction of sp³-hybridized carbons (Fsp3) is 0. The van der Waals surface area contributed by atoms with E-state index in [4.69, 9.17) is 4.98 Å². The van der Waals surface area contributed by atoms with Gasteiger partial charge in [0, 0.05) is 29.0 Å². The van der Waals surface area contributed by atoms with Gasteiger partial charge >= 0.3 is 0 Å². The van der Waals surface area contributed by atoms with Gasteiger partial charge in [-0.2, -0.15) is 0 Å². The van der Waals surface area contributed by atoms with Gasteiger partial charge in [-0.25, -0.2) is 9.97 Å². The number of para-hydroxylation sites is 2. The standard InChI is InChI=1S/C26H14I2N2/c27-22-16-23(28)21(26-14-11-18-6-2-4-8-25(18)30-26)15-19(22)10-13-20-12-9-17-5-1-3-7-24(17)29-20/h1-9,11-12,14-16H. The first kappa shape index (κ1) is 19.5. The van der Waals surface area contributed by atoms with Crippen molar-refractivity contribution in [3.63, 3.8) is 0 Å². The van der Waals surface area contributed by atoms with Crippen molar-refractivity contribution < 1.29 is 0 Å². The van der Waals surface area contributed by atoms with Crippen molar-refractivity contribution in [3.8, 4) is 23.1 Å². The molecule has 0 aliphatic rings. The predicted molar refractivity (Wildman–Crippen MR) is 140 cm³/mol. The Balaban J connectivity index is 1.57. The van der Waals surface area contributed by atoms with E-state index in [9.17, 15) is 0 Å². The monoisotopic (exact) mass is 608 g/mol. The third-order valence-electron chi connectivity index (χ3n) is 4.85. The molecule has 3 aromatic carbocycles. The molecule has 0 atom stereocenters. The van der Waals surface area contributed by atoms with Crippen molar-refractivity contribution in [2.24, 2.45) is 0 Å². The van der Waals surface area contributed by atoms with E-state index in [1.54, 1.807) is 0 Å². The molecule has 0 aliphatic carbocycles. The number of fused-ring (bicyclic) bond motifs is 2. The number of aromatic nitrogens is 2. The normalized spacial score (nSPS) is 10.7. The van der Waals surface area contributed by atoms with E-state index in [1.165, 1.54) is 0 Å². The second kappa shape index (κ2) is 8.32. The average molecular weight is 608 g/mol. The quantitative estimate of drug-likeness (QED) is 0.151. The minimum Gasteiger partial charge on any atom is -0.248 e. The SMILES string of the molecule is Ic1cc(I)c(-c2ccc3ccccc3n2)cc1C#Cc1ccc2ccccc2n1. The first-order chi connectivity index (χ1) is 14.7. The molecule has 0 amide bonds.